The van der Waals surface area contributed by atoms with Crippen LogP contribution in [-0.2, 0) is 6.42 Å². The SMILES string of the molecule is CCc1ccc(Nc2cc(C(=O)Nc3ccc(N(C)C)cc3)nc(C)n2)cc1. The number of nitrogens with one attached hydrogen (secondary N) is 2. The van der Waals surface area contributed by atoms with Crippen LogP contribution in [0.5, 0.6) is 0 Å². The van der Waals surface area contributed by atoms with Crippen LogP contribution < -0.4 is 15.5 Å². The molecule has 1 heterocycles. The van der Waals surface area contributed by atoms with E-state index in [1.54, 1.807) is 13.0 Å². The molecule has 2 N–H and O–H groups in total. The molecule has 3 rings (SSSR count). The first-order valence-corrected chi connectivity index (χ1v) is 9.25. The van der Waals surface area contributed by atoms with E-state index in [0.717, 1.165) is 23.5 Å². The Balaban J connectivity index is 1.75. The molecule has 0 aliphatic heterocycles. The maximum absolute atomic E-state index is 12.6. The van der Waals surface area contributed by atoms with Gasteiger partial charge in [0.15, 0.2) is 0 Å². The number of aromatic nitrogens is 2. The van der Waals surface area contributed by atoms with Crippen molar-refractivity contribution in [2.45, 2.75) is 20.3 Å². The summed E-state index contributed by atoms with van der Waals surface area (Å²) in [6.07, 6.45) is 0.993. The highest BCUT2D eigenvalue weighted by atomic mass is 16.1. The van der Waals surface area contributed by atoms with Crippen molar-refractivity contribution in [1.82, 2.24) is 9.97 Å². The molecule has 0 unspecified atom stereocenters. The Kier molecular flexibility index (Phi) is 5.89. The number of rotatable bonds is 6. The summed E-state index contributed by atoms with van der Waals surface area (Å²) < 4.78 is 0. The third-order valence-electron chi connectivity index (χ3n) is 4.35. The second-order valence-electron chi connectivity index (χ2n) is 6.76. The van der Waals surface area contributed by atoms with Crippen LogP contribution in [-0.4, -0.2) is 30.0 Å². The van der Waals surface area contributed by atoms with Crippen molar-refractivity contribution in [2.24, 2.45) is 0 Å². The third kappa shape index (κ3) is 4.85. The van der Waals surface area contributed by atoms with Crippen LogP contribution in [0.1, 0.15) is 28.8 Å². The molecule has 0 saturated heterocycles. The predicted molar refractivity (Wildman–Crippen MR) is 115 cm³/mol. The Morgan fingerprint density at radius 2 is 1.61 bits per heavy atom. The summed E-state index contributed by atoms with van der Waals surface area (Å²) in [5, 5.41) is 6.12. The quantitative estimate of drug-likeness (QED) is 0.668. The van der Waals surface area contributed by atoms with Gasteiger partial charge in [-0.25, -0.2) is 9.97 Å². The number of amides is 1. The largest absolute Gasteiger partial charge is 0.378 e. The summed E-state index contributed by atoms with van der Waals surface area (Å²) in [5.74, 6) is 0.848. The van der Waals surface area contributed by atoms with Crippen LogP contribution >= 0.6 is 0 Å². The maximum Gasteiger partial charge on any atom is 0.274 e. The molecule has 0 fully saturated rings. The van der Waals surface area contributed by atoms with Gasteiger partial charge in [-0.15, -0.1) is 0 Å². The van der Waals surface area contributed by atoms with Gasteiger partial charge >= 0.3 is 0 Å². The Morgan fingerprint density at radius 1 is 0.964 bits per heavy atom. The fraction of sp³-hybridized carbons (Fsp3) is 0.227. The normalized spacial score (nSPS) is 10.4. The third-order valence-corrected chi connectivity index (χ3v) is 4.35. The minimum absolute atomic E-state index is 0.271. The van der Waals surface area contributed by atoms with E-state index >= 15 is 0 Å². The number of benzene rings is 2. The van der Waals surface area contributed by atoms with Crippen molar-refractivity contribution < 1.29 is 4.79 Å². The fourth-order valence-electron chi connectivity index (χ4n) is 2.76. The average molecular weight is 375 g/mol. The van der Waals surface area contributed by atoms with E-state index in [-0.39, 0.29) is 5.91 Å². The molecule has 3 aromatic rings. The fourth-order valence-corrected chi connectivity index (χ4v) is 2.76. The molecule has 0 bridgehead atoms. The molecule has 1 aromatic heterocycles. The lowest BCUT2D eigenvalue weighted by molar-refractivity contribution is 0.102. The topological polar surface area (TPSA) is 70.2 Å². The highest BCUT2D eigenvalue weighted by molar-refractivity contribution is 6.03. The highest BCUT2D eigenvalue weighted by Gasteiger charge is 2.11. The Morgan fingerprint density at radius 3 is 2.21 bits per heavy atom. The zero-order valence-corrected chi connectivity index (χ0v) is 16.7. The zero-order valence-electron chi connectivity index (χ0n) is 16.7. The minimum atomic E-state index is -0.271. The summed E-state index contributed by atoms with van der Waals surface area (Å²) in [6, 6.07) is 17.4. The van der Waals surface area contributed by atoms with E-state index in [4.69, 9.17) is 0 Å². The first-order chi connectivity index (χ1) is 13.4. The molecule has 1 amide bonds. The van der Waals surface area contributed by atoms with Gasteiger partial charge in [0.05, 0.1) is 0 Å². The van der Waals surface area contributed by atoms with E-state index in [9.17, 15) is 4.79 Å². The van der Waals surface area contributed by atoms with E-state index in [0.29, 0.717) is 17.3 Å². The van der Waals surface area contributed by atoms with Crippen LogP contribution in [0.25, 0.3) is 0 Å². The van der Waals surface area contributed by atoms with Gasteiger partial charge in [0.2, 0.25) is 0 Å². The van der Waals surface area contributed by atoms with E-state index in [1.165, 1.54) is 5.56 Å². The number of hydrogen-bond acceptors (Lipinski definition) is 5. The summed E-state index contributed by atoms with van der Waals surface area (Å²) in [7, 11) is 3.95. The number of aryl methyl sites for hydroxylation is 2. The monoisotopic (exact) mass is 375 g/mol. The van der Waals surface area contributed by atoms with Crippen LogP contribution in [0.3, 0.4) is 0 Å². The molecule has 6 nitrogen and oxygen atoms in total. The van der Waals surface area contributed by atoms with Gasteiger partial charge in [-0.2, -0.15) is 0 Å². The van der Waals surface area contributed by atoms with Crippen LogP contribution in [0.2, 0.25) is 0 Å². The van der Waals surface area contributed by atoms with Gasteiger partial charge in [0.25, 0.3) is 5.91 Å². The molecule has 28 heavy (non-hydrogen) atoms. The number of anilines is 4. The van der Waals surface area contributed by atoms with Gasteiger partial charge in [0, 0.05) is 37.2 Å². The Hall–Kier alpha value is -3.41. The number of nitrogens with zero attached hydrogens (tertiary/aromatic N) is 3. The predicted octanol–water partition coefficient (Wildman–Crippen LogP) is 4.41. The van der Waals surface area contributed by atoms with Crippen molar-refractivity contribution in [3.63, 3.8) is 0 Å². The van der Waals surface area contributed by atoms with Gasteiger partial charge in [-0.3, -0.25) is 4.79 Å². The number of carbonyl (C=O) groups is 1. The summed E-state index contributed by atoms with van der Waals surface area (Å²) >= 11 is 0. The summed E-state index contributed by atoms with van der Waals surface area (Å²) in [6.45, 7) is 3.89. The number of hydrogen-bond donors (Lipinski definition) is 2. The minimum Gasteiger partial charge on any atom is -0.378 e. The molecule has 0 saturated carbocycles. The van der Waals surface area contributed by atoms with Crippen molar-refractivity contribution in [1.29, 1.82) is 0 Å². The molecule has 0 spiro atoms. The molecule has 2 aromatic carbocycles. The highest BCUT2D eigenvalue weighted by Crippen LogP contribution is 2.19. The second kappa shape index (κ2) is 8.52. The lowest BCUT2D eigenvalue weighted by Crippen LogP contribution is -2.15. The first-order valence-electron chi connectivity index (χ1n) is 9.25. The second-order valence-corrected chi connectivity index (χ2v) is 6.76. The van der Waals surface area contributed by atoms with E-state index in [2.05, 4.69) is 39.7 Å². The first kappa shape index (κ1) is 19.4. The van der Waals surface area contributed by atoms with Gasteiger partial charge in [0.1, 0.15) is 17.3 Å². The molecule has 144 valence electrons. The van der Waals surface area contributed by atoms with Crippen molar-refractivity contribution in [2.75, 3.05) is 29.6 Å². The lowest BCUT2D eigenvalue weighted by Gasteiger charge is -2.13. The lowest BCUT2D eigenvalue weighted by atomic mass is 10.1. The molecule has 0 radical (unpaired) electrons. The summed E-state index contributed by atoms with van der Waals surface area (Å²) in [4.78, 5) is 23.3. The Labute approximate surface area is 165 Å². The van der Waals surface area contributed by atoms with Gasteiger partial charge in [-0.1, -0.05) is 19.1 Å². The van der Waals surface area contributed by atoms with E-state index in [1.807, 2.05) is 55.4 Å². The maximum atomic E-state index is 12.6. The average Bonchev–Trinajstić information content (AvgIpc) is 2.68. The molecule has 6 heteroatoms. The Bertz CT molecular complexity index is 950. The molecule has 0 aliphatic carbocycles. The van der Waals surface area contributed by atoms with E-state index < -0.39 is 0 Å². The van der Waals surface area contributed by atoms with Crippen LogP contribution in [0.15, 0.2) is 54.6 Å². The molecular weight excluding hydrogens is 350 g/mol. The molecular formula is C22H25N5O. The molecule has 0 atom stereocenters. The summed E-state index contributed by atoms with van der Waals surface area (Å²) in [5.41, 5.74) is 4.29. The zero-order chi connectivity index (χ0) is 20.1. The van der Waals surface area contributed by atoms with Gasteiger partial charge in [-0.05, 0) is 55.3 Å². The van der Waals surface area contributed by atoms with Crippen LogP contribution in [0.4, 0.5) is 22.9 Å². The number of carbonyl (C=O) groups excluding carboxylic acids is 1. The standard InChI is InChI=1S/C22H25N5O/c1-5-16-6-8-17(9-7-16)25-21-14-20(23-15(2)24-21)22(28)26-18-10-12-19(13-11-18)27(3)4/h6-14H,5H2,1-4H3,(H,26,28)(H,23,24,25). The smallest absolute Gasteiger partial charge is 0.274 e. The van der Waals surface area contributed by atoms with Crippen molar-refractivity contribution >= 4 is 28.8 Å². The molecule has 0 aliphatic rings. The van der Waals surface area contributed by atoms with Crippen LogP contribution in [0, 0.1) is 6.92 Å². The van der Waals surface area contributed by atoms with Crippen molar-refractivity contribution in [3.8, 4) is 0 Å². The van der Waals surface area contributed by atoms with Gasteiger partial charge < -0.3 is 15.5 Å². The van der Waals surface area contributed by atoms with Crippen molar-refractivity contribution in [3.05, 3.63) is 71.7 Å².